The van der Waals surface area contributed by atoms with Crippen LogP contribution in [0.15, 0.2) is 42.9 Å². The molecule has 0 fully saturated rings. The van der Waals surface area contributed by atoms with Gasteiger partial charge in [0.15, 0.2) is 0 Å². The topological polar surface area (TPSA) is 131 Å². The molecule has 2 N–H and O–H groups in total. The Kier molecular flexibility index (Phi) is 8.90. The number of rotatable bonds is 1. The standard InChI is InChI=1S/C26H30ClN7O4/c1-17-5-6-21-23(13-17)38-12-4-11-34-16-19(31-32-34)15-33(26(37)20-7-9-28-14-22(20)27)10-3-8-29-24(35)18(2)30-25(21)36/h5-7,9,13-14,16,18H,3-4,8,10-12,15H2,1-2H3,(H,29,35)(H,30,36)/t18-/m1/s1. The van der Waals surface area contributed by atoms with Gasteiger partial charge in [-0.1, -0.05) is 22.9 Å². The quantitative estimate of drug-likeness (QED) is 0.485. The molecule has 0 aliphatic carbocycles. The number of pyridine rings is 1. The van der Waals surface area contributed by atoms with Crippen molar-refractivity contribution in [3.63, 3.8) is 0 Å². The van der Waals surface area contributed by atoms with E-state index in [0.29, 0.717) is 61.7 Å². The molecule has 200 valence electrons. The SMILES string of the molecule is Cc1ccc2c(c1)OCCCn1cc(nn1)CN(C(=O)c1ccncc1Cl)CCCNC(=O)[C@@H](C)NC2=O. The zero-order valence-corrected chi connectivity index (χ0v) is 22.1. The third-order valence-electron chi connectivity index (χ3n) is 6.04. The van der Waals surface area contributed by atoms with E-state index in [1.54, 1.807) is 40.9 Å². The van der Waals surface area contributed by atoms with Crippen molar-refractivity contribution in [3.05, 3.63) is 70.3 Å². The molecule has 0 saturated carbocycles. The smallest absolute Gasteiger partial charge is 0.255 e. The third-order valence-corrected chi connectivity index (χ3v) is 6.35. The Bertz CT molecular complexity index is 1310. The van der Waals surface area contributed by atoms with Gasteiger partial charge in [0.05, 0.1) is 35.5 Å². The van der Waals surface area contributed by atoms with Crippen molar-refractivity contribution in [2.24, 2.45) is 0 Å². The van der Waals surface area contributed by atoms with Gasteiger partial charge in [-0.2, -0.15) is 0 Å². The van der Waals surface area contributed by atoms with E-state index < -0.39 is 11.9 Å². The lowest BCUT2D eigenvalue weighted by atomic mass is 10.1. The summed E-state index contributed by atoms with van der Waals surface area (Å²) in [5, 5.41) is 14.2. The number of fused-ring (bicyclic) bond motifs is 3. The Morgan fingerprint density at radius 3 is 2.84 bits per heavy atom. The van der Waals surface area contributed by atoms with Gasteiger partial charge in [0.2, 0.25) is 5.91 Å². The molecule has 0 unspecified atom stereocenters. The fourth-order valence-corrected chi connectivity index (χ4v) is 4.21. The van der Waals surface area contributed by atoms with Crippen LogP contribution in [0.4, 0.5) is 0 Å². The highest BCUT2D eigenvalue weighted by molar-refractivity contribution is 6.33. The summed E-state index contributed by atoms with van der Waals surface area (Å²) in [6.07, 6.45) is 5.82. The number of ether oxygens (including phenoxy) is 1. The predicted octanol–water partition coefficient (Wildman–Crippen LogP) is 2.38. The zero-order valence-electron chi connectivity index (χ0n) is 21.3. The van der Waals surface area contributed by atoms with Gasteiger partial charge in [0, 0.05) is 38.4 Å². The van der Waals surface area contributed by atoms with E-state index in [9.17, 15) is 14.4 Å². The molecular weight excluding hydrogens is 510 g/mol. The van der Waals surface area contributed by atoms with Crippen molar-refractivity contribution in [1.82, 2.24) is 35.5 Å². The van der Waals surface area contributed by atoms with Gasteiger partial charge in [-0.3, -0.25) is 24.0 Å². The molecule has 0 saturated heterocycles. The van der Waals surface area contributed by atoms with Crippen molar-refractivity contribution in [1.29, 1.82) is 0 Å². The lowest BCUT2D eigenvalue weighted by molar-refractivity contribution is -0.122. The van der Waals surface area contributed by atoms with Crippen LogP contribution in [-0.4, -0.2) is 68.3 Å². The summed E-state index contributed by atoms with van der Waals surface area (Å²) in [5.41, 5.74) is 2.27. The minimum absolute atomic E-state index is 0.223. The number of benzene rings is 1. The van der Waals surface area contributed by atoms with E-state index in [0.717, 1.165) is 5.56 Å². The van der Waals surface area contributed by atoms with Crippen LogP contribution in [0, 0.1) is 6.92 Å². The third kappa shape index (κ3) is 6.86. The second-order valence-corrected chi connectivity index (χ2v) is 9.50. The minimum Gasteiger partial charge on any atom is -0.493 e. The molecular formula is C26H30ClN7O4. The number of hydrogen-bond acceptors (Lipinski definition) is 7. The first-order valence-corrected chi connectivity index (χ1v) is 12.8. The molecule has 1 aliphatic heterocycles. The van der Waals surface area contributed by atoms with E-state index in [-0.39, 0.29) is 23.4 Å². The molecule has 38 heavy (non-hydrogen) atoms. The zero-order chi connectivity index (χ0) is 27.1. The number of halogens is 1. The van der Waals surface area contributed by atoms with E-state index in [1.165, 1.54) is 12.4 Å². The summed E-state index contributed by atoms with van der Waals surface area (Å²) < 4.78 is 7.63. The Morgan fingerprint density at radius 1 is 1.18 bits per heavy atom. The second-order valence-electron chi connectivity index (χ2n) is 9.10. The summed E-state index contributed by atoms with van der Waals surface area (Å²) in [6.45, 7) is 5.29. The number of aromatic nitrogens is 4. The van der Waals surface area contributed by atoms with Gasteiger partial charge in [-0.25, -0.2) is 0 Å². The number of nitrogens with zero attached hydrogens (tertiary/aromatic N) is 5. The van der Waals surface area contributed by atoms with Gasteiger partial charge >= 0.3 is 0 Å². The molecule has 3 amide bonds. The van der Waals surface area contributed by atoms with Gasteiger partial charge in [0.25, 0.3) is 11.8 Å². The number of hydrogen-bond donors (Lipinski definition) is 2. The summed E-state index contributed by atoms with van der Waals surface area (Å²) in [6, 6.07) is 6.13. The second kappa shape index (κ2) is 12.5. The molecule has 4 rings (SSSR count). The van der Waals surface area contributed by atoms with Gasteiger partial charge < -0.3 is 20.3 Å². The molecule has 1 atom stereocenters. The average molecular weight is 540 g/mol. The summed E-state index contributed by atoms with van der Waals surface area (Å²) >= 11 is 6.22. The van der Waals surface area contributed by atoms with E-state index in [1.807, 2.05) is 13.0 Å². The highest BCUT2D eigenvalue weighted by atomic mass is 35.5. The number of aryl methyl sites for hydroxylation is 2. The molecule has 11 nitrogen and oxygen atoms in total. The summed E-state index contributed by atoms with van der Waals surface area (Å²) in [4.78, 5) is 44.4. The number of amides is 3. The van der Waals surface area contributed by atoms with Crippen LogP contribution < -0.4 is 15.4 Å². The van der Waals surface area contributed by atoms with Crippen LogP contribution >= 0.6 is 11.6 Å². The monoisotopic (exact) mass is 539 g/mol. The van der Waals surface area contributed by atoms with Crippen molar-refractivity contribution in [2.75, 3.05) is 19.7 Å². The maximum Gasteiger partial charge on any atom is 0.255 e. The first-order chi connectivity index (χ1) is 18.3. The molecule has 3 aromatic rings. The van der Waals surface area contributed by atoms with Crippen LogP contribution in [0.5, 0.6) is 5.75 Å². The van der Waals surface area contributed by atoms with Crippen LogP contribution in [0.2, 0.25) is 5.02 Å². The molecule has 2 bridgehead atoms. The van der Waals surface area contributed by atoms with Crippen molar-refractivity contribution < 1.29 is 19.1 Å². The van der Waals surface area contributed by atoms with Gasteiger partial charge in [0.1, 0.15) is 17.5 Å². The fourth-order valence-electron chi connectivity index (χ4n) is 4.01. The Hall–Kier alpha value is -3.99. The Balaban J connectivity index is 1.53. The van der Waals surface area contributed by atoms with Crippen molar-refractivity contribution >= 4 is 29.3 Å². The number of carbonyl (C=O) groups excluding carboxylic acids is 3. The average Bonchev–Trinajstić information content (AvgIpc) is 3.34. The van der Waals surface area contributed by atoms with E-state index in [4.69, 9.17) is 16.3 Å². The molecule has 0 spiro atoms. The first-order valence-electron chi connectivity index (χ1n) is 12.4. The fraction of sp³-hybridized carbons (Fsp3) is 0.385. The maximum absolute atomic E-state index is 13.3. The highest BCUT2D eigenvalue weighted by Crippen LogP contribution is 2.21. The number of carbonyl (C=O) groups is 3. The van der Waals surface area contributed by atoms with Crippen LogP contribution in [0.25, 0.3) is 0 Å². The van der Waals surface area contributed by atoms with Crippen molar-refractivity contribution in [2.45, 2.75) is 45.8 Å². The van der Waals surface area contributed by atoms with Crippen LogP contribution in [0.1, 0.15) is 51.7 Å². The largest absolute Gasteiger partial charge is 0.493 e. The summed E-state index contributed by atoms with van der Waals surface area (Å²) in [7, 11) is 0. The molecule has 2 aromatic heterocycles. The molecule has 12 heteroatoms. The minimum atomic E-state index is -0.763. The molecule has 0 radical (unpaired) electrons. The highest BCUT2D eigenvalue weighted by Gasteiger charge is 2.22. The maximum atomic E-state index is 13.3. The van der Waals surface area contributed by atoms with E-state index >= 15 is 0 Å². The summed E-state index contributed by atoms with van der Waals surface area (Å²) in [5.74, 6) is -0.543. The molecule has 3 heterocycles. The Morgan fingerprint density at radius 2 is 2.03 bits per heavy atom. The number of nitrogens with one attached hydrogen (secondary N) is 2. The molecule has 1 aromatic carbocycles. The first kappa shape index (κ1) is 27.1. The normalized spacial score (nSPS) is 17.7. The Labute approximate surface area is 225 Å². The lowest BCUT2D eigenvalue weighted by Gasteiger charge is -2.22. The van der Waals surface area contributed by atoms with Crippen molar-refractivity contribution in [3.8, 4) is 5.75 Å². The van der Waals surface area contributed by atoms with Gasteiger partial charge in [-0.15, -0.1) is 5.10 Å². The lowest BCUT2D eigenvalue weighted by Crippen LogP contribution is -2.45. The molecule has 1 aliphatic rings. The van der Waals surface area contributed by atoms with Crippen LogP contribution in [0.3, 0.4) is 0 Å². The van der Waals surface area contributed by atoms with E-state index in [2.05, 4.69) is 25.9 Å². The van der Waals surface area contributed by atoms with Gasteiger partial charge in [-0.05, 0) is 44.0 Å². The van der Waals surface area contributed by atoms with Crippen LogP contribution in [-0.2, 0) is 17.9 Å². The predicted molar refractivity (Wildman–Crippen MR) is 140 cm³/mol.